The van der Waals surface area contributed by atoms with Gasteiger partial charge in [-0.15, -0.1) is 0 Å². The molecule has 2 aromatic carbocycles. The van der Waals surface area contributed by atoms with E-state index in [9.17, 15) is 13.2 Å². The Morgan fingerprint density at radius 3 is 2.15 bits per heavy atom. The first kappa shape index (κ1) is 20.9. The topological polar surface area (TPSA) is 84.5 Å². The van der Waals surface area contributed by atoms with Crippen molar-refractivity contribution in [2.75, 3.05) is 5.32 Å². The molecule has 146 valence electrons. The van der Waals surface area contributed by atoms with Crippen LogP contribution in [0.5, 0.6) is 5.75 Å². The van der Waals surface area contributed by atoms with Gasteiger partial charge in [-0.05, 0) is 63.6 Å². The highest BCUT2D eigenvalue weighted by atomic mass is 32.2. The largest absolute Gasteiger partial charge is 0.481 e. The van der Waals surface area contributed by atoms with Crippen LogP contribution in [0.4, 0.5) is 5.69 Å². The monoisotopic (exact) mass is 390 g/mol. The summed E-state index contributed by atoms with van der Waals surface area (Å²) in [6.07, 6.45) is -0.136. The Morgan fingerprint density at radius 1 is 1.04 bits per heavy atom. The number of benzene rings is 2. The second-order valence-corrected chi connectivity index (χ2v) is 8.33. The fourth-order valence-corrected chi connectivity index (χ4v) is 3.67. The average molecular weight is 391 g/mol. The van der Waals surface area contributed by atoms with E-state index in [1.54, 1.807) is 26.0 Å². The van der Waals surface area contributed by atoms with Crippen molar-refractivity contribution >= 4 is 21.6 Å². The molecule has 0 saturated carbocycles. The second-order valence-electron chi connectivity index (χ2n) is 6.62. The van der Waals surface area contributed by atoms with Crippen LogP contribution >= 0.6 is 0 Å². The Morgan fingerprint density at radius 2 is 1.63 bits per heavy atom. The summed E-state index contributed by atoms with van der Waals surface area (Å²) < 4.78 is 32.6. The number of nitrogens with one attached hydrogen (secondary N) is 2. The van der Waals surface area contributed by atoms with Crippen molar-refractivity contribution in [1.82, 2.24) is 4.72 Å². The molecule has 0 aliphatic heterocycles. The highest BCUT2D eigenvalue weighted by molar-refractivity contribution is 7.89. The molecule has 7 heteroatoms. The molecule has 0 aliphatic rings. The van der Waals surface area contributed by atoms with Gasteiger partial charge in [0.15, 0.2) is 6.10 Å². The maximum absolute atomic E-state index is 12.5. The van der Waals surface area contributed by atoms with Crippen molar-refractivity contribution in [3.05, 3.63) is 54.1 Å². The number of carbonyl (C=O) groups is 1. The summed E-state index contributed by atoms with van der Waals surface area (Å²) in [5.41, 5.74) is 1.62. The Kier molecular flexibility index (Phi) is 6.98. The van der Waals surface area contributed by atoms with Crippen LogP contribution in [-0.4, -0.2) is 26.5 Å². The lowest BCUT2D eigenvalue weighted by Gasteiger charge is -2.17. The molecule has 27 heavy (non-hydrogen) atoms. The van der Waals surface area contributed by atoms with E-state index in [1.165, 1.54) is 12.1 Å². The lowest BCUT2D eigenvalue weighted by Crippen LogP contribution is -2.32. The lowest BCUT2D eigenvalue weighted by atomic mass is 10.2. The lowest BCUT2D eigenvalue weighted by molar-refractivity contribution is -0.122. The molecule has 2 N–H and O–H groups in total. The number of aryl methyl sites for hydroxylation is 1. The number of hydrogen-bond acceptors (Lipinski definition) is 4. The molecule has 0 unspecified atom stereocenters. The van der Waals surface area contributed by atoms with Gasteiger partial charge in [0.05, 0.1) is 4.90 Å². The first-order chi connectivity index (χ1) is 12.7. The molecule has 2 aromatic rings. The predicted molar refractivity (Wildman–Crippen MR) is 106 cm³/mol. The van der Waals surface area contributed by atoms with E-state index in [0.29, 0.717) is 17.9 Å². The molecule has 0 aromatic heterocycles. The Bertz CT molecular complexity index is 860. The maximum Gasteiger partial charge on any atom is 0.265 e. The van der Waals surface area contributed by atoms with Gasteiger partial charge in [-0.2, -0.15) is 0 Å². The summed E-state index contributed by atoms with van der Waals surface area (Å²) in [6.45, 7) is 7.36. The molecule has 2 rings (SSSR count). The predicted octanol–water partition coefficient (Wildman–Crippen LogP) is 3.48. The third-order valence-electron chi connectivity index (χ3n) is 3.79. The summed E-state index contributed by atoms with van der Waals surface area (Å²) in [5.74, 6) is 0.345. The van der Waals surface area contributed by atoms with Crippen LogP contribution in [-0.2, 0) is 14.8 Å². The van der Waals surface area contributed by atoms with Crippen molar-refractivity contribution in [1.29, 1.82) is 0 Å². The summed E-state index contributed by atoms with van der Waals surface area (Å²) in [6, 6.07) is 13.3. The van der Waals surface area contributed by atoms with Crippen LogP contribution in [0.3, 0.4) is 0 Å². The summed E-state index contributed by atoms with van der Waals surface area (Å²) >= 11 is 0. The fourth-order valence-electron chi connectivity index (χ4n) is 2.42. The molecule has 1 atom stereocenters. The van der Waals surface area contributed by atoms with Crippen LogP contribution in [0, 0.1) is 6.92 Å². The number of anilines is 1. The Labute approximate surface area is 161 Å². The maximum atomic E-state index is 12.5. The first-order valence-electron chi connectivity index (χ1n) is 8.88. The minimum atomic E-state index is -3.56. The quantitative estimate of drug-likeness (QED) is 0.723. The highest BCUT2D eigenvalue weighted by Crippen LogP contribution is 2.18. The van der Waals surface area contributed by atoms with Gasteiger partial charge < -0.3 is 10.1 Å². The number of rotatable bonds is 8. The van der Waals surface area contributed by atoms with Crippen LogP contribution in [0.1, 0.15) is 32.8 Å². The van der Waals surface area contributed by atoms with Gasteiger partial charge in [0.1, 0.15) is 5.75 Å². The van der Waals surface area contributed by atoms with E-state index < -0.39 is 16.1 Å². The van der Waals surface area contributed by atoms with E-state index in [2.05, 4.69) is 10.0 Å². The summed E-state index contributed by atoms with van der Waals surface area (Å²) in [5, 5.41) is 2.76. The zero-order chi connectivity index (χ0) is 20.0. The van der Waals surface area contributed by atoms with Crippen molar-refractivity contribution in [2.45, 2.75) is 51.2 Å². The molecule has 0 bridgehead atoms. The first-order valence-corrected chi connectivity index (χ1v) is 10.4. The van der Waals surface area contributed by atoms with Crippen LogP contribution in [0.15, 0.2) is 53.4 Å². The van der Waals surface area contributed by atoms with E-state index in [-0.39, 0.29) is 16.8 Å². The van der Waals surface area contributed by atoms with E-state index >= 15 is 0 Å². The number of ether oxygens (including phenoxy) is 1. The van der Waals surface area contributed by atoms with Gasteiger partial charge in [0.2, 0.25) is 10.0 Å². The number of hydrogen-bond donors (Lipinski definition) is 2. The van der Waals surface area contributed by atoms with E-state index in [1.807, 2.05) is 38.1 Å². The zero-order valence-corrected chi connectivity index (χ0v) is 16.8. The minimum Gasteiger partial charge on any atom is -0.481 e. The normalized spacial score (nSPS) is 12.6. The fraction of sp³-hybridized carbons (Fsp3) is 0.350. The highest BCUT2D eigenvalue weighted by Gasteiger charge is 2.19. The van der Waals surface area contributed by atoms with E-state index in [0.717, 1.165) is 5.56 Å². The third kappa shape index (κ3) is 6.08. The van der Waals surface area contributed by atoms with E-state index in [4.69, 9.17) is 4.74 Å². The average Bonchev–Trinajstić information content (AvgIpc) is 2.60. The minimum absolute atomic E-state index is 0.150. The van der Waals surface area contributed by atoms with Crippen LogP contribution in [0.25, 0.3) is 0 Å². The smallest absolute Gasteiger partial charge is 0.265 e. The SMILES string of the molecule is CC[C@@H](Oc1ccc(C)cc1)C(=O)Nc1ccc(S(=O)(=O)NC(C)C)cc1. The number of carbonyl (C=O) groups excluding carboxylic acids is 1. The third-order valence-corrected chi connectivity index (χ3v) is 5.46. The van der Waals surface area contributed by atoms with Gasteiger partial charge in [0, 0.05) is 11.7 Å². The van der Waals surface area contributed by atoms with Gasteiger partial charge in [-0.1, -0.05) is 24.6 Å². The molecule has 0 heterocycles. The standard InChI is InChI=1S/C20H26N2O4S/c1-5-19(26-17-10-6-15(4)7-11-17)20(23)21-16-8-12-18(13-9-16)27(24,25)22-14(2)3/h6-14,19,22H,5H2,1-4H3,(H,21,23)/t19-/m1/s1. The molecule has 0 radical (unpaired) electrons. The molecule has 0 fully saturated rings. The van der Waals surface area contributed by atoms with Crippen LogP contribution < -0.4 is 14.8 Å². The number of amides is 1. The van der Waals surface area contributed by atoms with Gasteiger partial charge in [-0.25, -0.2) is 13.1 Å². The molecule has 6 nitrogen and oxygen atoms in total. The van der Waals surface area contributed by atoms with Crippen molar-refractivity contribution in [2.24, 2.45) is 0 Å². The molecular formula is C20H26N2O4S. The summed E-state index contributed by atoms with van der Waals surface area (Å²) in [7, 11) is -3.56. The summed E-state index contributed by atoms with van der Waals surface area (Å²) in [4.78, 5) is 12.6. The second kappa shape index (κ2) is 9.01. The molecule has 0 aliphatic carbocycles. The molecule has 0 saturated heterocycles. The Balaban J connectivity index is 2.04. The van der Waals surface area contributed by atoms with Gasteiger partial charge >= 0.3 is 0 Å². The molecule has 1 amide bonds. The van der Waals surface area contributed by atoms with Gasteiger partial charge in [0.25, 0.3) is 5.91 Å². The van der Waals surface area contributed by atoms with Crippen molar-refractivity contribution < 1.29 is 17.9 Å². The zero-order valence-electron chi connectivity index (χ0n) is 16.0. The molecule has 0 spiro atoms. The van der Waals surface area contributed by atoms with Crippen molar-refractivity contribution in [3.8, 4) is 5.75 Å². The molecular weight excluding hydrogens is 364 g/mol. The Hall–Kier alpha value is -2.38. The van der Waals surface area contributed by atoms with Crippen LogP contribution in [0.2, 0.25) is 0 Å². The van der Waals surface area contributed by atoms with Crippen molar-refractivity contribution in [3.63, 3.8) is 0 Å². The number of sulfonamides is 1. The van der Waals surface area contributed by atoms with Gasteiger partial charge in [-0.3, -0.25) is 4.79 Å².